The molecule has 2 aliphatic rings. The number of aliphatic hydroxyl groups excluding tert-OH is 1. The molecule has 0 aliphatic carbocycles. The molecule has 196 valence electrons. The van der Waals surface area contributed by atoms with Gasteiger partial charge < -0.3 is 33.9 Å². The van der Waals surface area contributed by atoms with Crippen molar-refractivity contribution >= 4 is 11.9 Å². The fourth-order valence-corrected chi connectivity index (χ4v) is 5.01. The molecule has 2 N–H and O–H groups in total. The van der Waals surface area contributed by atoms with Crippen LogP contribution < -0.4 is 0 Å². The molecule has 1 aromatic carbocycles. The van der Waals surface area contributed by atoms with Crippen LogP contribution in [0.25, 0.3) is 0 Å². The average molecular weight is 495 g/mol. The average Bonchev–Trinajstić information content (AvgIpc) is 2.80. The summed E-state index contributed by atoms with van der Waals surface area (Å²) in [7, 11) is 0. The van der Waals surface area contributed by atoms with Gasteiger partial charge in [0.2, 0.25) is 0 Å². The third-order valence-corrected chi connectivity index (χ3v) is 7.23. The Bertz CT molecular complexity index is 874. The quantitative estimate of drug-likeness (QED) is 0.551. The highest BCUT2D eigenvalue weighted by Crippen LogP contribution is 2.41. The number of ether oxygens (including phenoxy) is 5. The van der Waals surface area contributed by atoms with Crippen LogP contribution in [0.4, 0.5) is 0 Å². The van der Waals surface area contributed by atoms with Gasteiger partial charge in [0.1, 0.15) is 24.6 Å². The van der Waals surface area contributed by atoms with Gasteiger partial charge in [0.05, 0.1) is 18.3 Å². The number of hydrogen-bond acceptors (Lipinski definition) is 9. The molecule has 0 saturated carbocycles. The Kier molecular flexibility index (Phi) is 9.15. The van der Waals surface area contributed by atoms with Crippen LogP contribution in [0.15, 0.2) is 24.3 Å². The van der Waals surface area contributed by atoms with Gasteiger partial charge >= 0.3 is 11.9 Å². The van der Waals surface area contributed by atoms with E-state index in [0.29, 0.717) is 5.56 Å². The lowest BCUT2D eigenvalue weighted by Gasteiger charge is -2.48. The number of benzene rings is 1. The summed E-state index contributed by atoms with van der Waals surface area (Å²) in [6.07, 6.45) is -4.26. The first-order valence-corrected chi connectivity index (χ1v) is 12.3. The van der Waals surface area contributed by atoms with Crippen LogP contribution in [0, 0.1) is 17.8 Å². The van der Waals surface area contributed by atoms with E-state index in [1.165, 1.54) is 26.0 Å². The lowest BCUT2D eigenvalue weighted by molar-refractivity contribution is -0.321. The molecule has 0 amide bonds. The molecule has 0 unspecified atom stereocenters. The maximum atomic E-state index is 11.9. The molecule has 2 heterocycles. The predicted octanol–water partition coefficient (Wildman–Crippen LogP) is 3.12. The van der Waals surface area contributed by atoms with Crippen molar-refractivity contribution in [3.05, 3.63) is 29.8 Å². The highest BCUT2D eigenvalue weighted by molar-refractivity contribution is 5.66. The molecule has 9 heteroatoms. The van der Waals surface area contributed by atoms with Crippen LogP contribution in [-0.2, 0) is 33.3 Å². The summed E-state index contributed by atoms with van der Waals surface area (Å²) in [5.41, 5.74) is 0.556. The third kappa shape index (κ3) is 6.33. The van der Waals surface area contributed by atoms with Crippen molar-refractivity contribution in [1.82, 2.24) is 0 Å². The number of rotatable bonds is 7. The second-order valence-electron chi connectivity index (χ2n) is 9.69. The van der Waals surface area contributed by atoms with Crippen molar-refractivity contribution in [2.75, 3.05) is 6.61 Å². The fourth-order valence-electron chi connectivity index (χ4n) is 5.01. The van der Waals surface area contributed by atoms with Crippen molar-refractivity contribution in [2.24, 2.45) is 17.8 Å². The first kappa shape index (κ1) is 27.4. The van der Waals surface area contributed by atoms with Crippen molar-refractivity contribution < 1.29 is 43.5 Å². The van der Waals surface area contributed by atoms with E-state index in [1.54, 1.807) is 12.1 Å². The summed E-state index contributed by atoms with van der Waals surface area (Å²) in [5, 5.41) is 21.3. The minimum atomic E-state index is -1.13. The number of hydrogen-bond donors (Lipinski definition) is 2. The van der Waals surface area contributed by atoms with E-state index in [1.807, 2.05) is 20.8 Å². The van der Waals surface area contributed by atoms with Gasteiger partial charge in [0.15, 0.2) is 12.4 Å². The molecule has 0 bridgehead atoms. The monoisotopic (exact) mass is 494 g/mol. The lowest BCUT2D eigenvalue weighted by Crippen LogP contribution is -2.58. The van der Waals surface area contributed by atoms with Crippen LogP contribution >= 0.6 is 0 Å². The first-order valence-electron chi connectivity index (χ1n) is 12.3. The summed E-state index contributed by atoms with van der Waals surface area (Å²) in [4.78, 5) is 23.4. The van der Waals surface area contributed by atoms with E-state index < -0.39 is 54.7 Å². The van der Waals surface area contributed by atoms with Gasteiger partial charge in [-0.2, -0.15) is 0 Å². The van der Waals surface area contributed by atoms with E-state index in [0.717, 1.165) is 6.42 Å². The molecule has 0 spiro atoms. The summed E-state index contributed by atoms with van der Waals surface area (Å²) in [5.74, 6) is -1.14. The van der Waals surface area contributed by atoms with E-state index in [9.17, 15) is 19.8 Å². The van der Waals surface area contributed by atoms with Gasteiger partial charge in [-0.15, -0.1) is 0 Å². The Labute approximate surface area is 206 Å². The highest BCUT2D eigenvalue weighted by Gasteiger charge is 2.50. The van der Waals surface area contributed by atoms with Gasteiger partial charge in [0, 0.05) is 25.7 Å². The zero-order chi connectivity index (χ0) is 25.9. The van der Waals surface area contributed by atoms with Gasteiger partial charge in [0.25, 0.3) is 0 Å². The minimum absolute atomic E-state index is 0.0255. The summed E-state index contributed by atoms with van der Waals surface area (Å²) >= 11 is 0. The number of phenols is 1. The Morgan fingerprint density at radius 3 is 2.29 bits per heavy atom. The highest BCUT2D eigenvalue weighted by atomic mass is 16.7. The number of phenolic OH excluding ortho intramolecular Hbond substituents is 1. The molecule has 0 radical (unpaired) electrons. The minimum Gasteiger partial charge on any atom is -0.508 e. The topological polar surface area (TPSA) is 121 Å². The molecule has 9 nitrogen and oxygen atoms in total. The van der Waals surface area contributed by atoms with Gasteiger partial charge in [-0.25, -0.2) is 0 Å². The molecule has 1 aromatic rings. The van der Waals surface area contributed by atoms with Crippen molar-refractivity contribution in [3.63, 3.8) is 0 Å². The van der Waals surface area contributed by atoms with E-state index in [4.69, 9.17) is 23.7 Å². The number of esters is 2. The predicted molar refractivity (Wildman–Crippen MR) is 125 cm³/mol. The number of carbonyl (C=O) groups is 2. The number of aliphatic hydroxyl groups is 1. The summed E-state index contributed by atoms with van der Waals surface area (Å²) < 4.78 is 29.6. The number of aromatic hydroxyl groups is 1. The Hall–Kier alpha value is -2.20. The van der Waals surface area contributed by atoms with Gasteiger partial charge in [-0.3, -0.25) is 9.59 Å². The maximum Gasteiger partial charge on any atom is 0.303 e. The second kappa shape index (κ2) is 11.7. The largest absolute Gasteiger partial charge is 0.508 e. The zero-order valence-corrected chi connectivity index (χ0v) is 21.2. The van der Waals surface area contributed by atoms with Crippen molar-refractivity contribution in [2.45, 2.75) is 90.9 Å². The first-order chi connectivity index (χ1) is 16.5. The summed E-state index contributed by atoms with van der Waals surface area (Å²) in [6.45, 7) is 10.6. The van der Waals surface area contributed by atoms with Crippen LogP contribution in [0.5, 0.6) is 5.75 Å². The van der Waals surface area contributed by atoms with Gasteiger partial charge in [-0.1, -0.05) is 39.8 Å². The van der Waals surface area contributed by atoms with Crippen molar-refractivity contribution in [3.8, 4) is 5.75 Å². The van der Waals surface area contributed by atoms with Crippen LogP contribution in [-0.4, -0.2) is 65.6 Å². The van der Waals surface area contributed by atoms with Crippen LogP contribution in [0.3, 0.4) is 0 Å². The molecule has 35 heavy (non-hydrogen) atoms. The summed E-state index contributed by atoms with van der Waals surface area (Å²) in [6, 6.07) is 6.43. The molecule has 10 atom stereocenters. The third-order valence-electron chi connectivity index (χ3n) is 7.23. The number of carbonyl (C=O) groups excluding carboxylic acids is 2. The van der Waals surface area contributed by atoms with Crippen LogP contribution in [0.2, 0.25) is 0 Å². The molecule has 2 fully saturated rings. The smallest absolute Gasteiger partial charge is 0.303 e. The Morgan fingerprint density at radius 2 is 1.69 bits per heavy atom. The second-order valence-corrected chi connectivity index (χ2v) is 9.69. The van der Waals surface area contributed by atoms with Crippen LogP contribution in [0.1, 0.15) is 59.6 Å². The molecular formula is C26H38O9. The Morgan fingerprint density at radius 1 is 0.971 bits per heavy atom. The fraction of sp³-hybridized carbons (Fsp3) is 0.692. The van der Waals surface area contributed by atoms with E-state index in [2.05, 4.69) is 6.92 Å². The van der Waals surface area contributed by atoms with Crippen molar-refractivity contribution in [1.29, 1.82) is 0 Å². The molecule has 0 aromatic heterocycles. The van der Waals surface area contributed by atoms with E-state index in [-0.39, 0.29) is 30.3 Å². The van der Waals surface area contributed by atoms with E-state index >= 15 is 0 Å². The normalized spacial score (nSPS) is 37.5. The lowest BCUT2D eigenvalue weighted by atomic mass is 9.82. The standard InChI is InChI=1S/C26H38O9/c1-7-20-13(2)14(3)24(32-17(6)28)26(34-20)35-23-15(4)21(12-31-16(5)27)33-25(22(23)30)18-9-8-10-19(29)11-18/h8-11,13-15,20-26,29-30H,7,12H2,1-6H3/t13-,14-,15+,20+,21+,22-,23-,24-,25+,26+/m0/s1. The molecule has 2 saturated heterocycles. The zero-order valence-electron chi connectivity index (χ0n) is 21.2. The molecule has 3 rings (SSSR count). The SMILES string of the molecule is CC[C@H]1O[C@H](O[C@H]2[C@H](C)[C@@H](COC(C)=O)O[C@H](c3cccc(O)c3)[C@H]2O)[C@@H](OC(C)=O)[C@@H](C)[C@@H]1C. The van der Waals surface area contributed by atoms with Gasteiger partial charge in [-0.05, 0) is 30.0 Å². The molecule has 2 aliphatic heterocycles. The molecular weight excluding hydrogens is 456 g/mol. The maximum absolute atomic E-state index is 11.9. The Balaban J connectivity index is 1.92.